The number of rotatable bonds is 6. The molecule has 1 aromatic heterocycles. The van der Waals surface area contributed by atoms with Crippen LogP contribution in [0.15, 0.2) is 46.2 Å². The molecule has 1 heterocycles. The lowest BCUT2D eigenvalue weighted by Gasteiger charge is -2.15. The summed E-state index contributed by atoms with van der Waals surface area (Å²) in [7, 11) is 0. The van der Waals surface area contributed by atoms with Gasteiger partial charge < -0.3 is 11.1 Å². The van der Waals surface area contributed by atoms with Crippen molar-refractivity contribution in [1.82, 2.24) is 9.78 Å². The lowest BCUT2D eigenvalue weighted by atomic mass is 10.1. The summed E-state index contributed by atoms with van der Waals surface area (Å²) in [6.07, 6.45) is -3.37. The quantitative estimate of drug-likeness (QED) is 0.476. The largest absolute Gasteiger partial charge is 0.432 e. The number of alkyl halides is 3. The average molecular weight is 460 g/mol. The van der Waals surface area contributed by atoms with E-state index in [-0.39, 0.29) is 11.6 Å². The predicted octanol–water partition coefficient (Wildman–Crippen LogP) is 4.89. The third-order valence-electron chi connectivity index (χ3n) is 4.31. The number of carbonyl (C=O) groups is 1. The van der Waals surface area contributed by atoms with E-state index in [9.17, 15) is 22.4 Å². The summed E-state index contributed by atoms with van der Waals surface area (Å²) in [5, 5.41) is 6.18. The number of hydrogen-bond donors (Lipinski definition) is 2. The fourth-order valence-corrected chi connectivity index (χ4v) is 2.92. The van der Waals surface area contributed by atoms with Gasteiger partial charge in [0, 0.05) is 0 Å². The van der Waals surface area contributed by atoms with Gasteiger partial charge >= 0.3 is 6.18 Å². The molecule has 1 atom stereocenters. The molecule has 0 aliphatic rings. The van der Waals surface area contributed by atoms with Crippen LogP contribution in [0, 0.1) is 5.82 Å². The monoisotopic (exact) mass is 459 g/mol. The Bertz CT molecular complexity index is 1010. The molecule has 2 rings (SSSR count). The molecule has 3 N–H and O–H groups in total. The number of nitrogens with two attached hydrogens (primary N) is 1. The van der Waals surface area contributed by atoms with Gasteiger partial charge in [-0.3, -0.25) is 9.79 Å². The zero-order chi connectivity index (χ0) is 23.5. The molecule has 0 spiro atoms. The van der Waals surface area contributed by atoms with Crippen molar-refractivity contribution in [2.45, 2.75) is 45.8 Å². The number of aromatic nitrogens is 2. The van der Waals surface area contributed by atoms with E-state index in [1.54, 1.807) is 16.8 Å². The molecular formula is C20H22ClF4N5O. The predicted molar refractivity (Wildman–Crippen MR) is 112 cm³/mol. The Kier molecular flexibility index (Phi) is 7.48. The van der Waals surface area contributed by atoms with E-state index >= 15 is 0 Å². The van der Waals surface area contributed by atoms with E-state index in [2.05, 4.69) is 15.4 Å². The number of allylic oxidation sites excluding steroid dienone is 2. The van der Waals surface area contributed by atoms with Crippen LogP contribution in [0.25, 0.3) is 5.69 Å². The van der Waals surface area contributed by atoms with Crippen molar-refractivity contribution in [2.24, 2.45) is 10.7 Å². The molecule has 6 nitrogen and oxygen atoms in total. The third kappa shape index (κ3) is 5.84. The van der Waals surface area contributed by atoms with Gasteiger partial charge in [0.05, 0.1) is 34.0 Å². The highest BCUT2D eigenvalue weighted by atomic mass is 35.5. The summed E-state index contributed by atoms with van der Waals surface area (Å²) in [5.41, 5.74) is 4.97. The van der Waals surface area contributed by atoms with E-state index in [0.29, 0.717) is 17.1 Å². The zero-order valence-corrected chi connectivity index (χ0v) is 18.0. The van der Waals surface area contributed by atoms with E-state index in [1.165, 1.54) is 32.2 Å². The van der Waals surface area contributed by atoms with Gasteiger partial charge in [-0.05, 0) is 44.0 Å². The van der Waals surface area contributed by atoms with Crippen molar-refractivity contribution in [1.29, 1.82) is 0 Å². The normalized spacial score (nSPS) is 14.5. The Morgan fingerprint density at radius 3 is 2.32 bits per heavy atom. The van der Waals surface area contributed by atoms with Crippen LogP contribution >= 0.6 is 11.6 Å². The first-order valence-electron chi connectivity index (χ1n) is 9.24. The zero-order valence-electron chi connectivity index (χ0n) is 17.3. The Labute approximate surface area is 181 Å². The highest BCUT2D eigenvalue weighted by Crippen LogP contribution is 2.28. The molecule has 2 aromatic rings. The van der Waals surface area contributed by atoms with Crippen LogP contribution in [0.1, 0.15) is 39.3 Å². The minimum Gasteiger partial charge on any atom is -0.393 e. The molecule has 0 fully saturated rings. The molecule has 1 aromatic carbocycles. The highest BCUT2D eigenvalue weighted by molar-refractivity contribution is 6.43. The first-order valence-corrected chi connectivity index (χ1v) is 9.62. The Hall–Kier alpha value is -2.88. The van der Waals surface area contributed by atoms with Gasteiger partial charge in [-0.2, -0.15) is 18.3 Å². The minimum absolute atomic E-state index is 0.0626. The number of anilines is 1. The van der Waals surface area contributed by atoms with Crippen LogP contribution < -0.4 is 11.1 Å². The SMILES string of the molecule is CC(=NC(C)C(=O)Nc1cnn(-c2ccc(F)cc2)c1C(C)C)C(Cl)=C(N)C(F)(F)F. The molecule has 0 saturated heterocycles. The number of aliphatic imine (C=N–C) groups is 1. The molecule has 0 aliphatic carbocycles. The second-order valence-electron chi connectivity index (χ2n) is 7.09. The van der Waals surface area contributed by atoms with Gasteiger partial charge in [-0.25, -0.2) is 9.07 Å². The van der Waals surface area contributed by atoms with Crippen molar-refractivity contribution < 1.29 is 22.4 Å². The maximum Gasteiger partial charge on any atom is 0.432 e. The summed E-state index contributed by atoms with van der Waals surface area (Å²) in [4.78, 5) is 16.5. The molecule has 1 unspecified atom stereocenters. The molecule has 0 bridgehead atoms. The van der Waals surface area contributed by atoms with E-state index in [1.807, 2.05) is 13.8 Å². The number of hydrogen-bond acceptors (Lipinski definition) is 4. The molecule has 1 amide bonds. The number of amides is 1. The van der Waals surface area contributed by atoms with Crippen molar-refractivity contribution >= 4 is 28.9 Å². The lowest BCUT2D eigenvalue weighted by molar-refractivity contribution is -0.117. The number of benzene rings is 1. The second-order valence-corrected chi connectivity index (χ2v) is 7.47. The van der Waals surface area contributed by atoms with Crippen LogP contribution in [0.2, 0.25) is 0 Å². The van der Waals surface area contributed by atoms with Gasteiger partial charge in [0.2, 0.25) is 5.91 Å². The molecule has 0 saturated carbocycles. The smallest absolute Gasteiger partial charge is 0.393 e. The number of nitrogens with one attached hydrogen (secondary N) is 1. The van der Waals surface area contributed by atoms with Gasteiger partial charge in [0.25, 0.3) is 0 Å². The first kappa shape index (κ1) is 24.4. The van der Waals surface area contributed by atoms with Gasteiger partial charge in [-0.1, -0.05) is 25.4 Å². The maximum absolute atomic E-state index is 13.2. The Balaban J connectivity index is 2.28. The number of carbonyl (C=O) groups excluding carboxylic acids is 1. The number of nitrogens with zero attached hydrogens (tertiary/aromatic N) is 3. The van der Waals surface area contributed by atoms with Crippen molar-refractivity contribution in [2.75, 3.05) is 5.32 Å². The fraction of sp³-hybridized carbons (Fsp3) is 0.350. The summed E-state index contributed by atoms with van der Waals surface area (Å²) >= 11 is 5.66. The molecule has 0 aliphatic heterocycles. The van der Waals surface area contributed by atoms with Crippen molar-refractivity contribution in [3.8, 4) is 5.69 Å². The number of halogens is 5. The van der Waals surface area contributed by atoms with Crippen LogP contribution in [0.3, 0.4) is 0 Å². The molecule has 11 heteroatoms. The van der Waals surface area contributed by atoms with Crippen molar-refractivity contribution in [3.63, 3.8) is 0 Å². The highest BCUT2D eigenvalue weighted by Gasteiger charge is 2.34. The van der Waals surface area contributed by atoms with Gasteiger partial charge in [0.15, 0.2) is 0 Å². The van der Waals surface area contributed by atoms with Gasteiger partial charge in [-0.15, -0.1) is 0 Å². The average Bonchev–Trinajstić information content (AvgIpc) is 3.10. The summed E-state index contributed by atoms with van der Waals surface area (Å²) in [5.74, 6) is -1.03. The Morgan fingerprint density at radius 1 is 1.23 bits per heavy atom. The molecule has 168 valence electrons. The van der Waals surface area contributed by atoms with Crippen LogP contribution in [-0.4, -0.2) is 33.6 Å². The van der Waals surface area contributed by atoms with Crippen LogP contribution in [0.4, 0.5) is 23.2 Å². The minimum atomic E-state index is -4.81. The lowest BCUT2D eigenvalue weighted by Crippen LogP contribution is -2.26. The van der Waals surface area contributed by atoms with E-state index in [0.717, 1.165) is 0 Å². The standard InChI is InChI=1S/C20H22ClF4N5O/c1-10(2)17-15(9-27-30(17)14-7-5-13(22)6-8-14)29-19(31)12(4)28-11(3)16(21)18(26)20(23,24)25/h5-10,12H,26H2,1-4H3,(H,29,31). The summed E-state index contributed by atoms with van der Waals surface area (Å²) < 4.78 is 52.9. The topological polar surface area (TPSA) is 85.3 Å². The first-order chi connectivity index (χ1) is 14.3. The Morgan fingerprint density at radius 2 is 1.81 bits per heavy atom. The van der Waals surface area contributed by atoms with E-state index < -0.39 is 34.7 Å². The third-order valence-corrected chi connectivity index (χ3v) is 4.79. The van der Waals surface area contributed by atoms with Gasteiger partial charge in [0.1, 0.15) is 17.6 Å². The van der Waals surface area contributed by atoms with Crippen LogP contribution in [-0.2, 0) is 4.79 Å². The summed E-state index contributed by atoms with van der Waals surface area (Å²) in [6.45, 7) is 6.43. The fourth-order valence-electron chi connectivity index (χ4n) is 2.76. The molecule has 31 heavy (non-hydrogen) atoms. The van der Waals surface area contributed by atoms with E-state index in [4.69, 9.17) is 17.3 Å². The van der Waals surface area contributed by atoms with Crippen LogP contribution in [0.5, 0.6) is 0 Å². The van der Waals surface area contributed by atoms with Crippen molar-refractivity contribution in [3.05, 3.63) is 52.7 Å². The molecule has 0 radical (unpaired) electrons. The summed E-state index contributed by atoms with van der Waals surface area (Å²) in [6, 6.07) is 4.64. The molecular weight excluding hydrogens is 438 g/mol. The maximum atomic E-state index is 13.2. The second kappa shape index (κ2) is 9.51.